The topological polar surface area (TPSA) is 143 Å². The van der Waals surface area contributed by atoms with Crippen LogP contribution in [0.15, 0.2) is 77.7 Å². The van der Waals surface area contributed by atoms with Crippen LogP contribution in [0.1, 0.15) is 124 Å². The Bertz CT molecular complexity index is 3180. The molecule has 2 N–H and O–H groups in total. The number of benzene rings is 4. The van der Waals surface area contributed by atoms with E-state index in [1.807, 2.05) is 123 Å². The zero-order chi connectivity index (χ0) is 52.2. The van der Waals surface area contributed by atoms with Crippen molar-refractivity contribution in [1.82, 2.24) is 14.1 Å². The third kappa shape index (κ3) is 11.6. The number of halogens is 1. The van der Waals surface area contributed by atoms with E-state index in [0.29, 0.717) is 11.3 Å². The van der Waals surface area contributed by atoms with Gasteiger partial charge in [0.25, 0.3) is 11.7 Å². The number of hydrogen-bond acceptors (Lipinski definition) is 8. The van der Waals surface area contributed by atoms with E-state index >= 15 is 0 Å². The van der Waals surface area contributed by atoms with Gasteiger partial charge in [-0.25, -0.2) is 9.59 Å². The normalized spacial score (nSPS) is 14.9. The third-order valence-electron chi connectivity index (χ3n) is 12.3. The van der Waals surface area contributed by atoms with Crippen LogP contribution in [0.2, 0.25) is 0 Å². The maximum Gasteiger partial charge on any atom is 0.497 e. The van der Waals surface area contributed by atoms with Crippen LogP contribution in [0, 0.1) is 55.4 Å². The Kier molecular flexibility index (Phi) is 15.0. The number of ether oxygens (including phenoxy) is 2. The Morgan fingerprint density at radius 1 is 0.629 bits per heavy atom. The summed E-state index contributed by atoms with van der Waals surface area (Å²) in [5, 5.41) is 5.85. The number of nitrogens with one attached hydrogen (secondary N) is 2. The predicted molar refractivity (Wildman–Crippen MR) is 286 cm³/mol. The number of fused-ring (bicyclic) bond motifs is 4. The highest BCUT2D eigenvalue weighted by Gasteiger charge is 2.52. The van der Waals surface area contributed by atoms with E-state index in [0.717, 1.165) is 59.6 Å². The van der Waals surface area contributed by atoms with Gasteiger partial charge in [0.2, 0.25) is 0 Å². The summed E-state index contributed by atoms with van der Waals surface area (Å²) in [5.41, 5.74) is 12.0. The van der Waals surface area contributed by atoms with Crippen molar-refractivity contribution >= 4 is 90.8 Å². The lowest BCUT2D eigenvalue weighted by Gasteiger charge is -2.32. The van der Waals surface area contributed by atoms with Crippen molar-refractivity contribution in [1.29, 1.82) is 0 Å². The highest BCUT2D eigenvalue weighted by Crippen LogP contribution is 2.38. The number of nitrogens with zero attached hydrogens (tertiary/aromatic N) is 2. The fourth-order valence-corrected chi connectivity index (χ4v) is 9.21. The fraction of sp³-hybridized carbons (Fsp3) is 0.393. The molecule has 1 fully saturated rings. The van der Waals surface area contributed by atoms with E-state index in [9.17, 15) is 19.2 Å². The molecular formula is C56H68BBrN4O8. The average Bonchev–Trinajstić information content (AvgIpc) is 4.01. The number of hydrogen-bond donors (Lipinski definition) is 2. The minimum Gasteiger partial charge on any atom is -0.443 e. The Morgan fingerprint density at radius 3 is 1.63 bits per heavy atom. The van der Waals surface area contributed by atoms with E-state index in [1.165, 1.54) is 27.6 Å². The van der Waals surface area contributed by atoms with Gasteiger partial charge in [-0.2, -0.15) is 0 Å². The summed E-state index contributed by atoms with van der Waals surface area (Å²) in [6.45, 7) is 35.4. The lowest BCUT2D eigenvalue weighted by molar-refractivity contribution is -0.112. The van der Waals surface area contributed by atoms with E-state index in [2.05, 4.69) is 82.5 Å². The van der Waals surface area contributed by atoms with Crippen LogP contribution in [-0.2, 0) is 23.6 Å². The highest BCUT2D eigenvalue weighted by atomic mass is 79.9. The second kappa shape index (κ2) is 19.7. The van der Waals surface area contributed by atoms with Crippen LogP contribution in [0.3, 0.4) is 0 Å². The summed E-state index contributed by atoms with van der Waals surface area (Å²) in [7, 11) is -0.539. The molecule has 0 saturated carbocycles. The van der Waals surface area contributed by atoms with Gasteiger partial charge in [0.1, 0.15) is 11.2 Å². The molecular weight excluding hydrogens is 947 g/mol. The van der Waals surface area contributed by atoms with Crippen molar-refractivity contribution < 1.29 is 38.0 Å². The quantitative estimate of drug-likeness (QED) is 0.122. The molecule has 1 amide bonds. The SMILES string of the molecule is Cc1cc(C)c2[nH]ccc2c1.Cc1cc(C)c2c(c1)C(=O)C(=O)N2.Cc1cc(C)c2c(c1)c(B1OC(C)(C)C(C)(C)O1)cn2C(=O)OC(C)(C)C.Cc1cc(C)c2c(c1)c(Br)cn2C(=O)OC(C)(C)C. The van der Waals surface area contributed by atoms with E-state index in [1.54, 1.807) is 27.6 Å². The van der Waals surface area contributed by atoms with Gasteiger partial charge in [-0.05, 0) is 198 Å². The molecule has 0 atom stereocenters. The molecule has 7 aromatic rings. The number of amides is 1. The molecule has 12 nitrogen and oxygen atoms in total. The van der Waals surface area contributed by atoms with Crippen LogP contribution in [-0.4, -0.2) is 67.5 Å². The number of H-pyrrole nitrogens is 1. The predicted octanol–water partition coefficient (Wildman–Crippen LogP) is 13.4. The second-order valence-corrected chi connectivity index (χ2v) is 22.5. The molecule has 2 aliphatic heterocycles. The van der Waals surface area contributed by atoms with Crippen molar-refractivity contribution in [2.75, 3.05) is 5.32 Å². The van der Waals surface area contributed by atoms with Crippen molar-refractivity contribution in [2.45, 2.75) is 147 Å². The summed E-state index contributed by atoms with van der Waals surface area (Å²) in [5.74, 6) is -0.953. The number of aromatic nitrogens is 3. The molecule has 70 heavy (non-hydrogen) atoms. The van der Waals surface area contributed by atoms with Gasteiger partial charge in [0.15, 0.2) is 0 Å². The highest BCUT2D eigenvalue weighted by molar-refractivity contribution is 9.10. The maximum absolute atomic E-state index is 12.9. The molecule has 1 saturated heterocycles. The van der Waals surface area contributed by atoms with E-state index < -0.39 is 47.3 Å². The zero-order valence-corrected chi connectivity index (χ0v) is 45.6. The first-order valence-electron chi connectivity index (χ1n) is 23.5. The summed E-state index contributed by atoms with van der Waals surface area (Å²) < 4.78 is 27.6. The molecule has 0 spiro atoms. The number of anilines is 1. The van der Waals surface area contributed by atoms with Crippen molar-refractivity contribution in [2.24, 2.45) is 0 Å². The number of Topliss-reactive ketones (excluding diaryl/α,β-unsaturated/α-hetero) is 1. The van der Waals surface area contributed by atoms with Crippen molar-refractivity contribution in [3.8, 4) is 0 Å². The van der Waals surface area contributed by atoms with Crippen LogP contribution < -0.4 is 10.8 Å². The van der Waals surface area contributed by atoms with Gasteiger partial charge in [-0.1, -0.05) is 47.0 Å². The minimum atomic E-state index is -0.573. The monoisotopic (exact) mass is 1010 g/mol. The first-order valence-corrected chi connectivity index (χ1v) is 24.3. The molecule has 0 bridgehead atoms. The minimum absolute atomic E-state index is 0.352. The van der Waals surface area contributed by atoms with Crippen LogP contribution in [0.5, 0.6) is 0 Å². The number of carbonyl (C=O) groups is 4. The summed E-state index contributed by atoms with van der Waals surface area (Å²) >= 11 is 3.51. The second-order valence-electron chi connectivity index (χ2n) is 21.6. The van der Waals surface area contributed by atoms with Crippen molar-refractivity contribution in [3.05, 3.63) is 128 Å². The molecule has 2 aliphatic rings. The summed E-state index contributed by atoms with van der Waals surface area (Å²) in [4.78, 5) is 50.6. The zero-order valence-electron chi connectivity index (χ0n) is 44.0. The van der Waals surface area contributed by atoms with E-state index in [-0.39, 0.29) is 6.09 Å². The number of ketones is 1. The lowest BCUT2D eigenvalue weighted by Crippen LogP contribution is -2.41. The van der Waals surface area contributed by atoms with Gasteiger partial charge in [0.05, 0.1) is 33.5 Å². The number of aromatic amines is 1. The van der Waals surface area contributed by atoms with Gasteiger partial charge >= 0.3 is 19.3 Å². The number of rotatable bonds is 1. The smallest absolute Gasteiger partial charge is 0.443 e. The third-order valence-corrected chi connectivity index (χ3v) is 12.9. The Labute approximate surface area is 421 Å². The Hall–Kier alpha value is -5.96. The first kappa shape index (κ1) is 53.4. The van der Waals surface area contributed by atoms with Gasteiger partial charge in [-0.3, -0.25) is 18.7 Å². The van der Waals surface area contributed by atoms with Gasteiger partial charge in [-0.15, -0.1) is 0 Å². The Balaban J connectivity index is 0.000000162. The molecule has 3 aromatic heterocycles. The molecule has 5 heterocycles. The van der Waals surface area contributed by atoms with Gasteiger partial charge in [0, 0.05) is 44.8 Å². The fourth-order valence-electron chi connectivity index (χ4n) is 8.70. The van der Waals surface area contributed by atoms with Crippen LogP contribution >= 0.6 is 15.9 Å². The van der Waals surface area contributed by atoms with Crippen LogP contribution in [0.25, 0.3) is 32.7 Å². The number of carbonyl (C=O) groups excluding carboxylic acids is 4. The maximum atomic E-state index is 12.9. The lowest BCUT2D eigenvalue weighted by atomic mass is 9.78. The molecule has 0 unspecified atom stereocenters. The standard InChI is InChI=1S/C21H30BNO4.C15H18BrNO2.C10H9NO2.C10H11N/c1-13-10-14(2)17-15(11-13)16(12-23(17)18(24)25-19(3,4)5)22-26-20(6,7)21(8,9)27-22;1-9-6-10(2)13-11(7-9)12(16)8-17(13)14(18)19-15(3,4)5;1-5-3-6(2)8-7(4-5)9(12)10(13)11-8;1-7-5-8(2)10-9(6-7)3-4-11-10/h10-12H,1-9H3;6-8H,1-5H3;3-4H,1-2H3,(H,11,12,13);3-6,11H,1-2H3. The van der Waals surface area contributed by atoms with Crippen LogP contribution in [0.4, 0.5) is 15.3 Å². The molecule has 0 aliphatic carbocycles. The first-order chi connectivity index (χ1) is 32.3. The molecule has 4 aromatic carbocycles. The van der Waals surface area contributed by atoms with Crippen molar-refractivity contribution in [3.63, 3.8) is 0 Å². The molecule has 0 radical (unpaired) electrons. The summed E-state index contributed by atoms with van der Waals surface area (Å²) in [6.07, 6.45) is 4.80. The van der Waals surface area contributed by atoms with E-state index in [4.69, 9.17) is 18.8 Å². The molecule has 9 rings (SSSR count). The average molecular weight is 1020 g/mol. The largest absolute Gasteiger partial charge is 0.497 e. The Morgan fingerprint density at radius 2 is 1.09 bits per heavy atom. The summed E-state index contributed by atoms with van der Waals surface area (Å²) in [6, 6.07) is 18.4. The number of aryl methyl sites for hydroxylation is 8. The molecule has 14 heteroatoms. The molecule has 370 valence electrons. The van der Waals surface area contributed by atoms with Gasteiger partial charge < -0.3 is 29.1 Å².